The standard InChI is InChI=1S/C14H17BrFNO3S/c15-11-5-10(7-18)13(16)12(6-11)21(19,20)17-14(8-1-2-8)9-3-4-9/h5-6,8-9,14,17-18H,1-4,7H2. The summed E-state index contributed by atoms with van der Waals surface area (Å²) in [5, 5.41) is 9.14. The Balaban J connectivity index is 1.92. The molecule has 4 nitrogen and oxygen atoms in total. The molecule has 1 aromatic rings. The highest BCUT2D eigenvalue weighted by molar-refractivity contribution is 9.10. The summed E-state index contributed by atoms with van der Waals surface area (Å²) in [5.41, 5.74) is -0.0286. The van der Waals surface area contributed by atoms with E-state index in [-0.39, 0.29) is 11.6 Å². The molecular formula is C14H17BrFNO3S. The predicted molar refractivity (Wildman–Crippen MR) is 79.6 cm³/mol. The normalized spacial score (nSPS) is 19.2. The minimum absolute atomic E-state index is 0.0286. The van der Waals surface area contributed by atoms with E-state index in [1.165, 1.54) is 12.1 Å². The van der Waals surface area contributed by atoms with Crippen LogP contribution in [0.2, 0.25) is 0 Å². The van der Waals surface area contributed by atoms with Gasteiger partial charge in [-0.1, -0.05) is 15.9 Å². The van der Waals surface area contributed by atoms with Crippen LogP contribution in [-0.4, -0.2) is 19.6 Å². The summed E-state index contributed by atoms with van der Waals surface area (Å²) in [6.45, 7) is -0.539. The molecule has 1 aromatic carbocycles. The molecule has 0 radical (unpaired) electrons. The van der Waals surface area contributed by atoms with Gasteiger partial charge >= 0.3 is 0 Å². The van der Waals surface area contributed by atoms with Crippen molar-refractivity contribution in [3.8, 4) is 0 Å². The minimum Gasteiger partial charge on any atom is -0.392 e. The summed E-state index contributed by atoms with van der Waals surface area (Å²) in [5.74, 6) is -0.0989. The molecule has 2 fully saturated rings. The van der Waals surface area contributed by atoms with Crippen LogP contribution in [0.25, 0.3) is 0 Å². The van der Waals surface area contributed by atoms with E-state index in [0.717, 1.165) is 25.7 Å². The molecule has 116 valence electrons. The first-order valence-electron chi connectivity index (χ1n) is 7.03. The number of benzene rings is 1. The molecule has 0 unspecified atom stereocenters. The fourth-order valence-electron chi connectivity index (χ4n) is 2.66. The third-order valence-electron chi connectivity index (χ3n) is 4.09. The second-order valence-corrected chi connectivity index (χ2v) is 8.46. The van der Waals surface area contributed by atoms with E-state index in [1.807, 2.05) is 0 Å². The predicted octanol–water partition coefficient (Wildman–Crippen LogP) is 2.55. The molecule has 0 spiro atoms. The van der Waals surface area contributed by atoms with Crippen molar-refractivity contribution in [1.29, 1.82) is 0 Å². The Kier molecular flexibility index (Phi) is 4.11. The quantitative estimate of drug-likeness (QED) is 0.800. The van der Waals surface area contributed by atoms with Gasteiger partial charge in [0.1, 0.15) is 10.7 Å². The van der Waals surface area contributed by atoms with Gasteiger partial charge in [0.15, 0.2) is 0 Å². The van der Waals surface area contributed by atoms with Crippen LogP contribution < -0.4 is 4.72 Å². The Labute approximate surface area is 131 Å². The van der Waals surface area contributed by atoms with Crippen molar-refractivity contribution in [2.45, 2.75) is 43.2 Å². The molecule has 0 bridgehead atoms. The maximum absolute atomic E-state index is 14.2. The lowest BCUT2D eigenvalue weighted by molar-refractivity contribution is 0.274. The third kappa shape index (κ3) is 3.31. The molecule has 0 saturated heterocycles. The summed E-state index contributed by atoms with van der Waals surface area (Å²) in [6, 6.07) is 2.55. The number of sulfonamides is 1. The van der Waals surface area contributed by atoms with Crippen molar-refractivity contribution in [2.24, 2.45) is 11.8 Å². The van der Waals surface area contributed by atoms with Crippen LogP contribution in [0.5, 0.6) is 0 Å². The lowest BCUT2D eigenvalue weighted by Gasteiger charge is -2.18. The molecule has 21 heavy (non-hydrogen) atoms. The van der Waals surface area contributed by atoms with Crippen molar-refractivity contribution in [3.63, 3.8) is 0 Å². The van der Waals surface area contributed by atoms with Crippen LogP contribution >= 0.6 is 15.9 Å². The number of hydrogen-bond acceptors (Lipinski definition) is 3. The summed E-state index contributed by atoms with van der Waals surface area (Å²) < 4.78 is 42.3. The zero-order valence-corrected chi connectivity index (χ0v) is 13.8. The van der Waals surface area contributed by atoms with E-state index >= 15 is 0 Å². The molecule has 0 amide bonds. The third-order valence-corrected chi connectivity index (χ3v) is 6.01. The molecule has 2 aliphatic rings. The molecule has 0 atom stereocenters. The average Bonchev–Trinajstić information content (AvgIpc) is 3.29. The van der Waals surface area contributed by atoms with Crippen molar-refractivity contribution < 1.29 is 17.9 Å². The van der Waals surface area contributed by atoms with E-state index in [1.54, 1.807) is 0 Å². The first kappa shape index (κ1) is 15.4. The Morgan fingerprint density at radius 1 is 1.29 bits per heavy atom. The highest BCUT2D eigenvalue weighted by Gasteiger charge is 2.43. The summed E-state index contributed by atoms with van der Waals surface area (Å²) in [6.07, 6.45) is 4.14. The van der Waals surface area contributed by atoms with Gasteiger partial charge in [0, 0.05) is 16.1 Å². The van der Waals surface area contributed by atoms with Gasteiger partial charge in [-0.05, 0) is 49.7 Å². The number of hydrogen-bond donors (Lipinski definition) is 2. The maximum atomic E-state index is 14.2. The van der Waals surface area contributed by atoms with Gasteiger partial charge < -0.3 is 5.11 Å². The lowest BCUT2D eigenvalue weighted by atomic mass is 10.1. The Morgan fingerprint density at radius 3 is 2.33 bits per heavy atom. The molecule has 2 aliphatic carbocycles. The molecule has 7 heteroatoms. The largest absolute Gasteiger partial charge is 0.392 e. The molecule has 0 aromatic heterocycles. The second-order valence-electron chi connectivity index (χ2n) is 5.86. The van der Waals surface area contributed by atoms with Crippen molar-refractivity contribution >= 4 is 26.0 Å². The number of rotatable bonds is 6. The minimum atomic E-state index is -3.92. The van der Waals surface area contributed by atoms with Crippen LogP contribution in [0.15, 0.2) is 21.5 Å². The summed E-state index contributed by atoms with van der Waals surface area (Å²) in [7, 11) is -3.92. The summed E-state index contributed by atoms with van der Waals surface area (Å²) >= 11 is 3.16. The monoisotopic (exact) mass is 377 g/mol. The van der Waals surface area contributed by atoms with Crippen LogP contribution in [0, 0.1) is 17.7 Å². The number of aliphatic hydroxyl groups excluding tert-OH is 1. The van der Waals surface area contributed by atoms with Crippen molar-refractivity contribution in [1.82, 2.24) is 4.72 Å². The first-order chi connectivity index (χ1) is 9.92. The van der Waals surface area contributed by atoms with Crippen molar-refractivity contribution in [3.05, 3.63) is 28.0 Å². The summed E-state index contributed by atoms with van der Waals surface area (Å²) in [4.78, 5) is -0.396. The topological polar surface area (TPSA) is 66.4 Å². The van der Waals surface area contributed by atoms with E-state index in [0.29, 0.717) is 16.3 Å². The smallest absolute Gasteiger partial charge is 0.243 e. The Hall–Kier alpha value is -0.500. The zero-order chi connectivity index (χ0) is 15.2. The van der Waals surface area contributed by atoms with Crippen LogP contribution in [0.1, 0.15) is 31.2 Å². The van der Waals surface area contributed by atoms with Crippen molar-refractivity contribution in [2.75, 3.05) is 0 Å². The van der Waals surface area contributed by atoms with Gasteiger partial charge in [0.05, 0.1) is 6.61 Å². The highest BCUT2D eigenvalue weighted by atomic mass is 79.9. The van der Waals surface area contributed by atoms with Gasteiger partial charge in [-0.2, -0.15) is 0 Å². The van der Waals surface area contributed by atoms with Gasteiger partial charge in [0.2, 0.25) is 10.0 Å². The fraction of sp³-hybridized carbons (Fsp3) is 0.571. The van der Waals surface area contributed by atoms with Gasteiger partial charge in [0.25, 0.3) is 0 Å². The van der Waals surface area contributed by atoms with Gasteiger partial charge in [-0.25, -0.2) is 17.5 Å². The number of aliphatic hydroxyl groups is 1. The van der Waals surface area contributed by atoms with Crippen LogP contribution in [-0.2, 0) is 16.6 Å². The molecule has 3 rings (SSSR count). The zero-order valence-electron chi connectivity index (χ0n) is 11.4. The molecule has 2 saturated carbocycles. The van der Waals surface area contributed by atoms with Gasteiger partial charge in [-0.15, -0.1) is 0 Å². The SMILES string of the molecule is O=S(=O)(NC(C1CC1)C1CC1)c1cc(Br)cc(CO)c1F. The van der Waals surface area contributed by atoms with Gasteiger partial charge in [-0.3, -0.25) is 0 Å². The fourth-order valence-corrected chi connectivity index (χ4v) is 4.84. The molecular weight excluding hydrogens is 361 g/mol. The molecule has 0 heterocycles. The van der Waals surface area contributed by atoms with E-state index in [9.17, 15) is 12.8 Å². The Morgan fingerprint density at radius 2 is 1.86 bits per heavy atom. The Bertz CT molecular complexity index is 644. The van der Waals surface area contributed by atoms with Crippen LogP contribution in [0.3, 0.4) is 0 Å². The average molecular weight is 378 g/mol. The highest BCUT2D eigenvalue weighted by Crippen LogP contribution is 2.45. The van der Waals surface area contributed by atoms with Crippen LogP contribution in [0.4, 0.5) is 4.39 Å². The van der Waals surface area contributed by atoms with E-state index < -0.39 is 27.3 Å². The number of halogens is 2. The first-order valence-corrected chi connectivity index (χ1v) is 9.31. The number of nitrogens with one attached hydrogen (secondary N) is 1. The lowest BCUT2D eigenvalue weighted by Crippen LogP contribution is -2.38. The van der Waals surface area contributed by atoms with E-state index in [4.69, 9.17) is 5.11 Å². The second kappa shape index (κ2) is 5.61. The maximum Gasteiger partial charge on any atom is 0.243 e. The van der Waals surface area contributed by atoms with E-state index in [2.05, 4.69) is 20.7 Å². The molecule has 2 N–H and O–H groups in total. The molecule has 0 aliphatic heterocycles.